The SMILES string of the molecule is CN(CC(C)(C)CN)c1ncc([N+](=O)[O-])cc1Cl. The lowest BCUT2D eigenvalue weighted by molar-refractivity contribution is -0.385. The molecule has 0 fully saturated rings. The van der Waals surface area contributed by atoms with E-state index in [0.717, 1.165) is 0 Å². The molecule has 0 saturated heterocycles. The number of rotatable bonds is 5. The monoisotopic (exact) mass is 272 g/mol. The molecule has 7 heteroatoms. The van der Waals surface area contributed by atoms with E-state index in [2.05, 4.69) is 4.98 Å². The van der Waals surface area contributed by atoms with E-state index in [-0.39, 0.29) is 16.1 Å². The molecule has 0 radical (unpaired) electrons. The first kappa shape index (κ1) is 14.7. The standard InChI is InChI=1S/C11H17ClN4O2/c1-11(2,6-13)7-15(3)10-9(12)4-8(5-14-10)16(17)18/h4-5H,6-7,13H2,1-3H3. The van der Waals surface area contributed by atoms with Crippen LogP contribution in [0.1, 0.15) is 13.8 Å². The van der Waals surface area contributed by atoms with Gasteiger partial charge in [0.1, 0.15) is 12.0 Å². The molecule has 6 nitrogen and oxygen atoms in total. The van der Waals surface area contributed by atoms with E-state index in [1.54, 1.807) is 0 Å². The van der Waals surface area contributed by atoms with Gasteiger partial charge in [0.05, 0.1) is 9.95 Å². The van der Waals surface area contributed by atoms with E-state index in [1.165, 1.54) is 12.3 Å². The number of hydrogen-bond acceptors (Lipinski definition) is 5. The highest BCUT2D eigenvalue weighted by Crippen LogP contribution is 2.28. The van der Waals surface area contributed by atoms with Crippen LogP contribution in [0.25, 0.3) is 0 Å². The van der Waals surface area contributed by atoms with Crippen molar-refractivity contribution in [1.29, 1.82) is 0 Å². The van der Waals surface area contributed by atoms with E-state index < -0.39 is 4.92 Å². The van der Waals surface area contributed by atoms with Gasteiger partial charge in [0.25, 0.3) is 5.69 Å². The zero-order valence-electron chi connectivity index (χ0n) is 10.7. The smallest absolute Gasteiger partial charge is 0.289 e. The van der Waals surface area contributed by atoms with Gasteiger partial charge in [-0.15, -0.1) is 0 Å². The maximum atomic E-state index is 10.6. The fourth-order valence-electron chi connectivity index (χ4n) is 1.58. The quantitative estimate of drug-likeness (QED) is 0.655. The summed E-state index contributed by atoms with van der Waals surface area (Å²) in [4.78, 5) is 15.9. The molecule has 0 saturated carbocycles. The van der Waals surface area contributed by atoms with E-state index in [0.29, 0.717) is 18.9 Å². The van der Waals surface area contributed by atoms with E-state index in [4.69, 9.17) is 17.3 Å². The molecule has 0 unspecified atom stereocenters. The van der Waals surface area contributed by atoms with Crippen molar-refractivity contribution in [2.75, 3.05) is 25.0 Å². The predicted octanol–water partition coefficient (Wildman–Crippen LogP) is 2.06. The molecule has 0 aliphatic rings. The van der Waals surface area contributed by atoms with E-state index >= 15 is 0 Å². The van der Waals surface area contributed by atoms with Gasteiger partial charge in [0, 0.05) is 19.7 Å². The predicted molar refractivity (Wildman–Crippen MR) is 72.0 cm³/mol. The maximum absolute atomic E-state index is 10.6. The van der Waals surface area contributed by atoms with Crippen LogP contribution in [0.5, 0.6) is 0 Å². The first-order valence-corrected chi connectivity index (χ1v) is 5.86. The van der Waals surface area contributed by atoms with Crippen LogP contribution in [0.4, 0.5) is 11.5 Å². The van der Waals surface area contributed by atoms with Crippen molar-refractivity contribution in [3.8, 4) is 0 Å². The third kappa shape index (κ3) is 3.54. The minimum Gasteiger partial charge on any atom is -0.358 e. The summed E-state index contributed by atoms with van der Waals surface area (Å²) in [6.07, 6.45) is 1.20. The van der Waals surface area contributed by atoms with Crippen LogP contribution in [-0.4, -0.2) is 30.0 Å². The number of nitrogens with two attached hydrogens (primary N) is 1. The molecular formula is C11H17ClN4O2. The highest BCUT2D eigenvalue weighted by molar-refractivity contribution is 6.33. The van der Waals surface area contributed by atoms with Crippen LogP contribution >= 0.6 is 11.6 Å². The third-order valence-corrected chi connectivity index (χ3v) is 2.88. The molecule has 1 aromatic heterocycles. The Morgan fingerprint density at radius 1 is 1.61 bits per heavy atom. The summed E-state index contributed by atoms with van der Waals surface area (Å²) in [6, 6.07) is 1.30. The highest BCUT2D eigenvalue weighted by atomic mass is 35.5. The molecule has 0 spiro atoms. The van der Waals surface area contributed by atoms with Crippen LogP contribution < -0.4 is 10.6 Å². The third-order valence-electron chi connectivity index (χ3n) is 2.60. The second-order valence-corrected chi connectivity index (χ2v) is 5.39. The Kier molecular flexibility index (Phi) is 4.48. The Morgan fingerprint density at radius 2 is 2.22 bits per heavy atom. The van der Waals surface area contributed by atoms with Crippen molar-refractivity contribution in [3.63, 3.8) is 0 Å². The molecule has 0 bridgehead atoms. The average Bonchev–Trinajstić information content (AvgIpc) is 2.28. The van der Waals surface area contributed by atoms with Gasteiger partial charge in [-0.2, -0.15) is 0 Å². The first-order chi connectivity index (χ1) is 8.26. The molecule has 100 valence electrons. The Labute approximate surface area is 111 Å². The largest absolute Gasteiger partial charge is 0.358 e. The maximum Gasteiger partial charge on any atom is 0.289 e. The highest BCUT2D eigenvalue weighted by Gasteiger charge is 2.21. The van der Waals surface area contributed by atoms with Crippen molar-refractivity contribution < 1.29 is 4.92 Å². The van der Waals surface area contributed by atoms with Gasteiger partial charge >= 0.3 is 0 Å². The average molecular weight is 273 g/mol. The Balaban J connectivity index is 2.93. The van der Waals surface area contributed by atoms with Gasteiger partial charge < -0.3 is 10.6 Å². The van der Waals surface area contributed by atoms with Gasteiger partial charge in [0.2, 0.25) is 0 Å². The molecule has 0 amide bonds. The van der Waals surface area contributed by atoms with Crippen LogP contribution in [0.3, 0.4) is 0 Å². The Bertz CT molecular complexity index is 451. The number of nitrogens with zero attached hydrogens (tertiary/aromatic N) is 3. The zero-order chi connectivity index (χ0) is 13.9. The van der Waals surface area contributed by atoms with E-state index in [9.17, 15) is 10.1 Å². The summed E-state index contributed by atoms with van der Waals surface area (Å²) >= 11 is 6.00. The number of nitro groups is 1. The first-order valence-electron chi connectivity index (χ1n) is 5.48. The fraction of sp³-hybridized carbons (Fsp3) is 0.545. The fourth-order valence-corrected chi connectivity index (χ4v) is 1.89. The molecule has 1 heterocycles. The molecule has 1 aromatic rings. The minimum atomic E-state index is -0.521. The minimum absolute atomic E-state index is 0.0818. The molecular weight excluding hydrogens is 256 g/mol. The molecule has 0 aromatic carbocycles. The molecule has 1 rings (SSSR count). The summed E-state index contributed by atoms with van der Waals surface area (Å²) < 4.78 is 0. The van der Waals surface area contributed by atoms with Crippen molar-refractivity contribution in [3.05, 3.63) is 27.4 Å². The topological polar surface area (TPSA) is 85.3 Å². The van der Waals surface area contributed by atoms with Gasteiger partial charge in [-0.1, -0.05) is 25.4 Å². The lowest BCUT2D eigenvalue weighted by Crippen LogP contribution is -2.37. The second kappa shape index (κ2) is 5.49. The summed E-state index contributed by atoms with van der Waals surface area (Å²) in [5.41, 5.74) is 5.47. The summed E-state index contributed by atoms with van der Waals surface area (Å²) in [5.74, 6) is 0.517. The van der Waals surface area contributed by atoms with E-state index in [1.807, 2.05) is 25.8 Å². The number of pyridine rings is 1. The molecule has 0 aliphatic heterocycles. The van der Waals surface area contributed by atoms with Crippen molar-refractivity contribution in [1.82, 2.24) is 4.98 Å². The molecule has 2 N–H and O–H groups in total. The summed E-state index contributed by atoms with van der Waals surface area (Å²) in [5, 5.41) is 10.8. The number of halogens is 1. The Hall–Kier alpha value is -1.40. The van der Waals surface area contributed by atoms with Crippen molar-refractivity contribution in [2.24, 2.45) is 11.1 Å². The van der Waals surface area contributed by atoms with Gasteiger partial charge in [-0.05, 0) is 12.0 Å². The van der Waals surface area contributed by atoms with Crippen LogP contribution in [0.2, 0.25) is 5.02 Å². The van der Waals surface area contributed by atoms with Gasteiger partial charge in [-0.25, -0.2) is 4.98 Å². The molecule has 18 heavy (non-hydrogen) atoms. The molecule has 0 atom stereocenters. The number of hydrogen-bond donors (Lipinski definition) is 1. The van der Waals surface area contributed by atoms with Crippen LogP contribution in [0.15, 0.2) is 12.3 Å². The van der Waals surface area contributed by atoms with Gasteiger partial charge in [0.15, 0.2) is 0 Å². The second-order valence-electron chi connectivity index (χ2n) is 4.98. The van der Waals surface area contributed by atoms with Crippen molar-refractivity contribution in [2.45, 2.75) is 13.8 Å². The Morgan fingerprint density at radius 3 is 2.67 bits per heavy atom. The lowest BCUT2D eigenvalue weighted by Gasteiger charge is -2.30. The van der Waals surface area contributed by atoms with Crippen LogP contribution in [-0.2, 0) is 0 Å². The lowest BCUT2D eigenvalue weighted by atomic mass is 9.93. The van der Waals surface area contributed by atoms with Crippen LogP contribution in [0, 0.1) is 15.5 Å². The number of anilines is 1. The normalized spacial score (nSPS) is 11.4. The molecule has 0 aliphatic carbocycles. The van der Waals surface area contributed by atoms with Gasteiger partial charge in [-0.3, -0.25) is 10.1 Å². The van der Waals surface area contributed by atoms with Crippen molar-refractivity contribution >= 4 is 23.1 Å². The number of aromatic nitrogens is 1. The zero-order valence-corrected chi connectivity index (χ0v) is 11.4. The summed E-state index contributed by atoms with van der Waals surface area (Å²) in [7, 11) is 1.83. The summed E-state index contributed by atoms with van der Waals surface area (Å²) in [6.45, 7) is 5.25.